The minimum atomic E-state index is -0.00615. The van der Waals surface area contributed by atoms with Crippen LogP contribution in [0.3, 0.4) is 0 Å². The van der Waals surface area contributed by atoms with Crippen molar-refractivity contribution in [3.05, 3.63) is 0 Å². The first-order valence-electron chi connectivity index (χ1n) is 26.6. The fourth-order valence-corrected chi connectivity index (χ4v) is 8.25. The van der Waals surface area contributed by atoms with Crippen LogP contribution in [0.15, 0.2) is 0 Å². The Morgan fingerprint density at radius 2 is 0.817 bits per heavy atom. The van der Waals surface area contributed by atoms with E-state index in [1.807, 2.05) is 0 Å². The highest BCUT2D eigenvalue weighted by Crippen LogP contribution is 2.20. The SMILES string of the molecule is CCCCCCC(CCCC)COCOCCCCCNC(CCCCCCCCC(=O)OCC(CC)CCCC)CCCCCCCCC(=O)OCC(CC)CCCC. The molecule has 0 aliphatic heterocycles. The molecule has 0 aliphatic carbocycles. The Labute approximate surface area is 374 Å². The first kappa shape index (κ1) is 58.8. The van der Waals surface area contributed by atoms with E-state index in [1.165, 1.54) is 167 Å². The highest BCUT2D eigenvalue weighted by Gasteiger charge is 2.13. The maximum absolute atomic E-state index is 12.2. The van der Waals surface area contributed by atoms with E-state index in [1.54, 1.807) is 0 Å². The first-order chi connectivity index (χ1) is 29.4. The van der Waals surface area contributed by atoms with Crippen LogP contribution >= 0.6 is 0 Å². The molecule has 1 N–H and O–H groups in total. The number of nitrogens with one attached hydrogen (secondary N) is 1. The van der Waals surface area contributed by atoms with Gasteiger partial charge in [0.25, 0.3) is 0 Å². The molecule has 0 heterocycles. The van der Waals surface area contributed by atoms with Crippen LogP contribution in [0.1, 0.15) is 266 Å². The molecule has 0 aromatic carbocycles. The molecule has 0 rings (SSSR count). The van der Waals surface area contributed by atoms with Gasteiger partial charge >= 0.3 is 11.9 Å². The molecule has 0 radical (unpaired) electrons. The van der Waals surface area contributed by atoms with E-state index in [4.69, 9.17) is 18.9 Å². The Morgan fingerprint density at radius 1 is 0.400 bits per heavy atom. The molecule has 0 bridgehead atoms. The quantitative estimate of drug-likeness (QED) is 0.0371. The molecule has 0 spiro atoms. The predicted octanol–water partition coefficient (Wildman–Crippen LogP) is 15.6. The Kier molecular flexibility index (Phi) is 46.4. The lowest BCUT2D eigenvalue weighted by Gasteiger charge is -2.19. The molecule has 0 saturated carbocycles. The number of hydrogen-bond donors (Lipinski definition) is 1. The van der Waals surface area contributed by atoms with Gasteiger partial charge in [0.15, 0.2) is 0 Å². The van der Waals surface area contributed by atoms with Gasteiger partial charge < -0.3 is 24.3 Å². The summed E-state index contributed by atoms with van der Waals surface area (Å²) in [5.74, 6) is 1.72. The van der Waals surface area contributed by atoms with E-state index >= 15 is 0 Å². The number of rotatable bonds is 49. The van der Waals surface area contributed by atoms with Gasteiger partial charge in [-0.05, 0) is 94.9 Å². The molecule has 0 aromatic rings. The van der Waals surface area contributed by atoms with Gasteiger partial charge in [0.2, 0.25) is 0 Å². The van der Waals surface area contributed by atoms with E-state index in [0.29, 0.717) is 56.6 Å². The molecule has 3 unspecified atom stereocenters. The highest BCUT2D eigenvalue weighted by atomic mass is 16.7. The van der Waals surface area contributed by atoms with Gasteiger partial charge in [-0.1, -0.05) is 183 Å². The van der Waals surface area contributed by atoms with Crippen molar-refractivity contribution in [3.63, 3.8) is 0 Å². The molecular weight excluding hydrogens is 747 g/mol. The van der Waals surface area contributed by atoms with E-state index in [9.17, 15) is 9.59 Å². The summed E-state index contributed by atoms with van der Waals surface area (Å²) in [5.41, 5.74) is 0. The molecule has 0 aromatic heterocycles. The number of unbranched alkanes of at least 4 members (excludes halogenated alkanes) is 18. The number of ether oxygens (including phenoxy) is 4. The zero-order valence-corrected chi connectivity index (χ0v) is 41.3. The van der Waals surface area contributed by atoms with Crippen LogP contribution in [-0.2, 0) is 28.5 Å². The maximum atomic E-state index is 12.2. The van der Waals surface area contributed by atoms with E-state index in [0.717, 1.165) is 64.7 Å². The second-order valence-electron chi connectivity index (χ2n) is 18.5. The lowest BCUT2D eigenvalue weighted by atomic mass is 9.96. The summed E-state index contributed by atoms with van der Waals surface area (Å²) in [6.07, 6.45) is 41.1. The summed E-state index contributed by atoms with van der Waals surface area (Å²) in [5, 5.41) is 3.93. The van der Waals surface area contributed by atoms with Gasteiger partial charge in [0.05, 0.1) is 19.8 Å². The van der Waals surface area contributed by atoms with E-state index in [2.05, 4.69) is 46.9 Å². The third-order valence-electron chi connectivity index (χ3n) is 12.8. The number of hydrogen-bond acceptors (Lipinski definition) is 7. The second-order valence-corrected chi connectivity index (χ2v) is 18.5. The maximum Gasteiger partial charge on any atom is 0.305 e. The van der Waals surface area contributed by atoms with Crippen LogP contribution in [0.2, 0.25) is 0 Å². The lowest BCUT2D eigenvalue weighted by Crippen LogP contribution is -2.30. The van der Waals surface area contributed by atoms with Gasteiger partial charge in [-0.15, -0.1) is 0 Å². The van der Waals surface area contributed by atoms with Crippen molar-refractivity contribution in [2.45, 2.75) is 272 Å². The van der Waals surface area contributed by atoms with Gasteiger partial charge in [0, 0.05) is 25.5 Å². The lowest BCUT2D eigenvalue weighted by molar-refractivity contribution is -0.146. The number of esters is 2. The molecule has 60 heavy (non-hydrogen) atoms. The number of carbonyl (C=O) groups excluding carboxylic acids is 2. The van der Waals surface area contributed by atoms with Crippen LogP contribution in [0, 0.1) is 17.8 Å². The summed E-state index contributed by atoms with van der Waals surface area (Å²) >= 11 is 0. The van der Waals surface area contributed by atoms with Crippen LogP contribution < -0.4 is 5.32 Å². The Bertz CT molecular complexity index is 837. The number of carbonyl (C=O) groups is 2. The molecule has 0 fully saturated rings. The summed E-state index contributed by atoms with van der Waals surface area (Å²) in [7, 11) is 0. The van der Waals surface area contributed by atoms with Crippen molar-refractivity contribution in [2.75, 3.05) is 39.8 Å². The summed E-state index contributed by atoms with van der Waals surface area (Å²) in [6.45, 7) is 17.8. The van der Waals surface area contributed by atoms with Crippen molar-refractivity contribution in [2.24, 2.45) is 17.8 Å². The third kappa shape index (κ3) is 40.9. The molecular formula is C53H105NO6. The van der Waals surface area contributed by atoms with Crippen molar-refractivity contribution >= 4 is 11.9 Å². The van der Waals surface area contributed by atoms with Gasteiger partial charge in [0.1, 0.15) is 6.79 Å². The molecule has 358 valence electrons. The zero-order chi connectivity index (χ0) is 44.0. The topological polar surface area (TPSA) is 83.1 Å². The van der Waals surface area contributed by atoms with Crippen LogP contribution in [0.25, 0.3) is 0 Å². The van der Waals surface area contributed by atoms with Crippen molar-refractivity contribution in [1.82, 2.24) is 5.32 Å². The molecule has 7 heteroatoms. The zero-order valence-electron chi connectivity index (χ0n) is 41.3. The summed E-state index contributed by atoms with van der Waals surface area (Å²) in [6, 6.07) is 0.593. The van der Waals surface area contributed by atoms with E-state index < -0.39 is 0 Å². The van der Waals surface area contributed by atoms with E-state index in [-0.39, 0.29) is 11.9 Å². The van der Waals surface area contributed by atoms with Crippen molar-refractivity contribution < 1.29 is 28.5 Å². The monoisotopic (exact) mass is 852 g/mol. The minimum absolute atomic E-state index is 0.00615. The summed E-state index contributed by atoms with van der Waals surface area (Å²) in [4.78, 5) is 24.5. The average Bonchev–Trinajstić information content (AvgIpc) is 3.26. The fraction of sp³-hybridized carbons (Fsp3) is 0.962. The standard InChI is InChI=1S/C53H105NO6/c1-7-13-17-27-37-50(36-16-10-4)44-58-47-57-43-33-26-32-42-54-51(38-28-22-18-20-24-30-40-52(55)59-45-48(11-5)34-14-8-2)39-29-23-19-21-25-31-41-53(56)60-46-49(12-6)35-15-9-3/h48-51,54H,7-47H2,1-6H3. The Morgan fingerprint density at radius 3 is 1.32 bits per heavy atom. The molecule has 0 saturated heterocycles. The van der Waals surface area contributed by atoms with Crippen molar-refractivity contribution in [1.29, 1.82) is 0 Å². The minimum Gasteiger partial charge on any atom is -0.465 e. The smallest absolute Gasteiger partial charge is 0.305 e. The van der Waals surface area contributed by atoms with Crippen LogP contribution in [0.5, 0.6) is 0 Å². The van der Waals surface area contributed by atoms with Crippen LogP contribution in [0.4, 0.5) is 0 Å². The average molecular weight is 852 g/mol. The predicted molar refractivity (Wildman–Crippen MR) is 257 cm³/mol. The molecule has 0 amide bonds. The molecule has 0 aliphatic rings. The second kappa shape index (κ2) is 47.3. The largest absolute Gasteiger partial charge is 0.465 e. The first-order valence-corrected chi connectivity index (χ1v) is 26.6. The van der Waals surface area contributed by atoms with Crippen LogP contribution in [-0.4, -0.2) is 57.7 Å². The summed E-state index contributed by atoms with van der Waals surface area (Å²) < 4.78 is 23.0. The normalized spacial score (nSPS) is 13.6. The Balaban J connectivity index is 4.38. The van der Waals surface area contributed by atoms with Gasteiger partial charge in [-0.25, -0.2) is 0 Å². The Hall–Kier alpha value is -1.18. The third-order valence-corrected chi connectivity index (χ3v) is 12.8. The highest BCUT2D eigenvalue weighted by molar-refractivity contribution is 5.69. The fourth-order valence-electron chi connectivity index (χ4n) is 8.25. The van der Waals surface area contributed by atoms with Gasteiger partial charge in [-0.2, -0.15) is 0 Å². The molecule has 7 nitrogen and oxygen atoms in total. The molecule has 3 atom stereocenters. The van der Waals surface area contributed by atoms with Gasteiger partial charge in [-0.3, -0.25) is 9.59 Å². The van der Waals surface area contributed by atoms with Crippen molar-refractivity contribution in [3.8, 4) is 0 Å².